The van der Waals surface area contributed by atoms with Crippen molar-refractivity contribution in [2.45, 2.75) is 19.5 Å². The second kappa shape index (κ2) is 9.29. The number of aromatic nitrogens is 2. The third-order valence-corrected chi connectivity index (χ3v) is 4.50. The number of nitrogens with one attached hydrogen (secondary N) is 2. The summed E-state index contributed by atoms with van der Waals surface area (Å²) in [7, 11) is 0. The highest BCUT2D eigenvalue weighted by Gasteiger charge is 2.35. The second-order valence-electron chi connectivity index (χ2n) is 6.08. The average molecular weight is 514 g/mol. The van der Waals surface area contributed by atoms with Crippen LogP contribution >= 0.6 is 22.6 Å². The molecule has 0 fully saturated rings. The van der Waals surface area contributed by atoms with Crippen molar-refractivity contribution < 1.29 is 17.9 Å². The minimum atomic E-state index is -4.58. The first-order chi connectivity index (χ1) is 13.8. The molecule has 5 nitrogen and oxygen atoms in total. The Morgan fingerprint density at radius 2 is 1.59 bits per heavy atom. The highest BCUT2D eigenvalue weighted by molar-refractivity contribution is 14.1. The summed E-state index contributed by atoms with van der Waals surface area (Å²) in [5, 5.41) is 5.65. The van der Waals surface area contributed by atoms with Gasteiger partial charge < -0.3 is 15.4 Å². The Balaban J connectivity index is 1.83. The highest BCUT2D eigenvalue weighted by Crippen LogP contribution is 2.35. The Hall–Kier alpha value is -2.56. The van der Waals surface area contributed by atoms with E-state index in [1.54, 1.807) is 48.5 Å². The lowest BCUT2D eigenvalue weighted by molar-refractivity contribution is -0.137. The van der Waals surface area contributed by atoms with Gasteiger partial charge in [0.25, 0.3) is 0 Å². The molecule has 0 bridgehead atoms. The van der Waals surface area contributed by atoms with Gasteiger partial charge in [-0.3, -0.25) is 0 Å². The van der Waals surface area contributed by atoms with E-state index < -0.39 is 11.7 Å². The van der Waals surface area contributed by atoms with Crippen molar-refractivity contribution in [2.75, 3.05) is 17.2 Å². The molecule has 0 atom stereocenters. The van der Waals surface area contributed by atoms with Gasteiger partial charge in [-0.05, 0) is 77.5 Å². The van der Waals surface area contributed by atoms with Gasteiger partial charge in [-0.15, -0.1) is 0 Å². The predicted molar refractivity (Wildman–Crippen MR) is 115 cm³/mol. The molecule has 0 radical (unpaired) electrons. The van der Waals surface area contributed by atoms with E-state index in [4.69, 9.17) is 4.74 Å². The fraction of sp³-hybridized carbons (Fsp3) is 0.200. The fourth-order valence-electron chi connectivity index (χ4n) is 2.40. The molecular weight excluding hydrogens is 496 g/mol. The van der Waals surface area contributed by atoms with Gasteiger partial charge in [0, 0.05) is 21.1 Å². The molecule has 0 saturated heterocycles. The molecule has 2 aromatic carbocycles. The molecule has 3 rings (SSSR count). The maximum Gasteiger partial charge on any atom is 0.421 e. The zero-order chi connectivity index (χ0) is 20.9. The van der Waals surface area contributed by atoms with E-state index in [2.05, 4.69) is 43.2 Å². The monoisotopic (exact) mass is 514 g/mol. The van der Waals surface area contributed by atoms with E-state index in [0.29, 0.717) is 23.7 Å². The lowest BCUT2D eigenvalue weighted by atomic mass is 10.2. The molecular formula is C20H18F3IN4O. The molecule has 1 aromatic heterocycles. The molecule has 2 N–H and O–H groups in total. The summed E-state index contributed by atoms with van der Waals surface area (Å²) < 4.78 is 46.6. The van der Waals surface area contributed by atoms with E-state index in [9.17, 15) is 13.2 Å². The Morgan fingerprint density at radius 3 is 2.21 bits per heavy atom. The van der Waals surface area contributed by atoms with E-state index in [0.717, 1.165) is 16.2 Å². The van der Waals surface area contributed by atoms with Crippen molar-refractivity contribution in [3.05, 3.63) is 63.9 Å². The molecule has 0 aliphatic rings. The smallest absolute Gasteiger partial charge is 0.421 e. The second-order valence-corrected chi connectivity index (χ2v) is 7.33. The molecule has 0 amide bonds. The van der Waals surface area contributed by atoms with Crippen LogP contribution in [0.3, 0.4) is 0 Å². The number of hydrogen-bond acceptors (Lipinski definition) is 5. The SMILES string of the molecule is CCCOc1ccc(Nc2ncc(C(F)(F)F)c(Nc3ccc(I)cc3)n2)cc1. The summed E-state index contributed by atoms with van der Waals surface area (Å²) in [6.45, 7) is 2.63. The third-order valence-electron chi connectivity index (χ3n) is 3.78. The van der Waals surface area contributed by atoms with Crippen molar-refractivity contribution >= 4 is 45.7 Å². The van der Waals surface area contributed by atoms with Gasteiger partial charge in [-0.25, -0.2) is 4.98 Å². The Bertz CT molecular complexity index is 947. The van der Waals surface area contributed by atoms with Gasteiger partial charge in [-0.1, -0.05) is 6.92 Å². The molecule has 29 heavy (non-hydrogen) atoms. The maximum absolute atomic E-state index is 13.4. The minimum Gasteiger partial charge on any atom is -0.494 e. The van der Waals surface area contributed by atoms with Crippen LogP contribution in [0.2, 0.25) is 0 Å². The lowest BCUT2D eigenvalue weighted by Gasteiger charge is -2.15. The molecule has 0 saturated carbocycles. The molecule has 0 aliphatic carbocycles. The number of anilines is 4. The van der Waals surface area contributed by atoms with Crippen molar-refractivity contribution in [3.8, 4) is 5.75 Å². The molecule has 0 unspecified atom stereocenters. The van der Waals surface area contributed by atoms with Crippen LogP contribution in [0.5, 0.6) is 5.75 Å². The van der Waals surface area contributed by atoms with Crippen molar-refractivity contribution in [3.63, 3.8) is 0 Å². The summed E-state index contributed by atoms with van der Waals surface area (Å²) in [5.74, 6) is 0.444. The summed E-state index contributed by atoms with van der Waals surface area (Å²) in [6.07, 6.45) is -2.92. The van der Waals surface area contributed by atoms with E-state index >= 15 is 0 Å². The Morgan fingerprint density at radius 1 is 0.966 bits per heavy atom. The van der Waals surface area contributed by atoms with Gasteiger partial charge in [0.2, 0.25) is 5.95 Å². The van der Waals surface area contributed by atoms with Crippen LogP contribution in [-0.4, -0.2) is 16.6 Å². The summed E-state index contributed by atoms with van der Waals surface area (Å²) in [4.78, 5) is 7.85. The summed E-state index contributed by atoms with van der Waals surface area (Å²) in [6, 6.07) is 14.0. The first kappa shape index (κ1) is 21.2. The van der Waals surface area contributed by atoms with Gasteiger partial charge in [0.15, 0.2) is 0 Å². The predicted octanol–water partition coefficient (Wildman–Crippen LogP) is 6.38. The van der Waals surface area contributed by atoms with Gasteiger partial charge in [-0.2, -0.15) is 18.2 Å². The topological polar surface area (TPSA) is 59.1 Å². The van der Waals surface area contributed by atoms with Crippen LogP contribution in [0, 0.1) is 3.57 Å². The zero-order valence-corrected chi connectivity index (χ0v) is 17.6. The van der Waals surface area contributed by atoms with Crippen molar-refractivity contribution in [1.82, 2.24) is 9.97 Å². The largest absolute Gasteiger partial charge is 0.494 e. The number of ether oxygens (including phenoxy) is 1. The fourth-order valence-corrected chi connectivity index (χ4v) is 2.76. The number of rotatable bonds is 7. The third kappa shape index (κ3) is 5.96. The van der Waals surface area contributed by atoms with Crippen LogP contribution in [0.25, 0.3) is 0 Å². The Labute approximate surface area is 179 Å². The van der Waals surface area contributed by atoms with Gasteiger partial charge >= 0.3 is 6.18 Å². The number of benzene rings is 2. The number of hydrogen-bond donors (Lipinski definition) is 2. The Kier molecular flexibility index (Phi) is 6.78. The molecule has 0 spiro atoms. The van der Waals surface area contributed by atoms with Crippen LogP contribution in [0.15, 0.2) is 54.7 Å². The molecule has 9 heteroatoms. The molecule has 3 aromatic rings. The molecule has 1 heterocycles. The first-order valence-electron chi connectivity index (χ1n) is 8.82. The summed E-state index contributed by atoms with van der Waals surface area (Å²) >= 11 is 2.12. The zero-order valence-electron chi connectivity index (χ0n) is 15.4. The lowest BCUT2D eigenvalue weighted by Crippen LogP contribution is -2.12. The van der Waals surface area contributed by atoms with Gasteiger partial charge in [0.05, 0.1) is 6.61 Å². The molecule has 0 aliphatic heterocycles. The number of nitrogens with zero attached hydrogens (tertiary/aromatic N) is 2. The average Bonchev–Trinajstić information content (AvgIpc) is 2.68. The van der Waals surface area contributed by atoms with Crippen molar-refractivity contribution in [1.29, 1.82) is 0 Å². The van der Waals surface area contributed by atoms with Crippen LogP contribution in [0.1, 0.15) is 18.9 Å². The normalized spacial score (nSPS) is 11.2. The number of halogens is 4. The highest BCUT2D eigenvalue weighted by atomic mass is 127. The first-order valence-corrected chi connectivity index (χ1v) is 9.90. The van der Waals surface area contributed by atoms with Crippen LogP contribution in [-0.2, 0) is 6.18 Å². The minimum absolute atomic E-state index is 0.0493. The van der Waals surface area contributed by atoms with Gasteiger partial charge in [0.1, 0.15) is 17.1 Å². The standard InChI is InChI=1S/C20H18F3IN4O/c1-2-11-29-16-9-7-15(8-10-16)27-19-25-12-17(20(21,22)23)18(28-19)26-14-5-3-13(24)4-6-14/h3-10,12H,2,11H2,1H3,(H2,25,26,27,28). The number of alkyl halides is 3. The molecule has 152 valence electrons. The van der Waals surface area contributed by atoms with Crippen LogP contribution in [0.4, 0.5) is 36.3 Å². The maximum atomic E-state index is 13.4. The van der Waals surface area contributed by atoms with Crippen LogP contribution < -0.4 is 15.4 Å². The van der Waals surface area contributed by atoms with E-state index in [-0.39, 0.29) is 11.8 Å². The van der Waals surface area contributed by atoms with Crippen molar-refractivity contribution in [2.24, 2.45) is 0 Å². The summed E-state index contributed by atoms with van der Waals surface area (Å²) in [5.41, 5.74) is 0.191. The van der Waals surface area contributed by atoms with E-state index in [1.165, 1.54) is 0 Å². The van der Waals surface area contributed by atoms with E-state index in [1.807, 2.05) is 6.92 Å². The quantitative estimate of drug-likeness (QED) is 0.359.